The molecule has 0 radical (unpaired) electrons. The van der Waals surface area contributed by atoms with Crippen molar-refractivity contribution >= 4 is 23.4 Å². The fourth-order valence-electron chi connectivity index (χ4n) is 2.27. The first-order valence-corrected chi connectivity index (χ1v) is 8.35. The van der Waals surface area contributed by atoms with E-state index in [-0.39, 0.29) is 24.1 Å². The van der Waals surface area contributed by atoms with Crippen molar-refractivity contribution in [3.8, 4) is 11.3 Å². The molecule has 0 atom stereocenters. The molecule has 0 bridgehead atoms. The molecule has 2 N–H and O–H groups in total. The van der Waals surface area contributed by atoms with Gasteiger partial charge in [-0.3, -0.25) is 9.59 Å². The highest BCUT2D eigenvalue weighted by Gasteiger charge is 2.13. The van der Waals surface area contributed by atoms with Crippen LogP contribution < -0.4 is 10.6 Å². The third-order valence-electron chi connectivity index (χ3n) is 3.60. The van der Waals surface area contributed by atoms with E-state index in [1.54, 1.807) is 54.6 Å². The van der Waals surface area contributed by atoms with Gasteiger partial charge in [0.2, 0.25) is 0 Å². The summed E-state index contributed by atoms with van der Waals surface area (Å²) in [6.07, 6.45) is 0. The van der Waals surface area contributed by atoms with Gasteiger partial charge < -0.3 is 15.2 Å². The van der Waals surface area contributed by atoms with E-state index >= 15 is 0 Å². The van der Waals surface area contributed by atoms with Crippen LogP contribution in [0.5, 0.6) is 0 Å². The first kappa shape index (κ1) is 17.7. The van der Waals surface area contributed by atoms with Crippen LogP contribution in [0.4, 0.5) is 0 Å². The number of carbonyl (C=O) groups is 2. The van der Waals surface area contributed by atoms with E-state index in [2.05, 4.69) is 15.8 Å². The monoisotopic (exact) mass is 369 g/mol. The van der Waals surface area contributed by atoms with Crippen molar-refractivity contribution in [2.24, 2.45) is 0 Å². The van der Waals surface area contributed by atoms with E-state index in [9.17, 15) is 9.59 Å². The van der Waals surface area contributed by atoms with E-state index in [1.165, 1.54) is 0 Å². The Morgan fingerprint density at radius 2 is 1.58 bits per heavy atom. The van der Waals surface area contributed by atoms with Crippen LogP contribution >= 0.6 is 11.6 Å². The second kappa shape index (κ2) is 8.31. The number of carbonyl (C=O) groups excluding carboxylic acids is 2. The van der Waals surface area contributed by atoms with Crippen molar-refractivity contribution < 1.29 is 14.1 Å². The molecule has 6 nitrogen and oxygen atoms in total. The number of hydrogen-bond donors (Lipinski definition) is 2. The molecule has 0 saturated heterocycles. The largest absolute Gasteiger partial charge is 0.355 e. The van der Waals surface area contributed by atoms with Crippen molar-refractivity contribution in [2.75, 3.05) is 13.1 Å². The lowest BCUT2D eigenvalue weighted by Gasteiger charge is -2.05. The van der Waals surface area contributed by atoms with Gasteiger partial charge in [-0.1, -0.05) is 35.0 Å². The van der Waals surface area contributed by atoms with Crippen molar-refractivity contribution in [1.29, 1.82) is 0 Å². The molecular formula is C19H16ClN3O3. The predicted octanol–water partition coefficient (Wildman–Crippen LogP) is 3.15. The molecule has 7 heteroatoms. The third-order valence-corrected chi connectivity index (χ3v) is 3.86. The first-order chi connectivity index (χ1) is 12.6. The lowest BCUT2D eigenvalue weighted by molar-refractivity contribution is 0.0922. The highest BCUT2D eigenvalue weighted by molar-refractivity contribution is 6.30. The van der Waals surface area contributed by atoms with E-state index < -0.39 is 0 Å². The zero-order valence-corrected chi connectivity index (χ0v) is 14.5. The maximum atomic E-state index is 12.1. The minimum absolute atomic E-state index is 0.171. The minimum Gasteiger partial charge on any atom is -0.355 e. The van der Waals surface area contributed by atoms with Crippen LogP contribution in [-0.4, -0.2) is 30.1 Å². The van der Waals surface area contributed by atoms with Crippen LogP contribution in [0.25, 0.3) is 11.3 Å². The molecule has 26 heavy (non-hydrogen) atoms. The van der Waals surface area contributed by atoms with E-state index in [0.29, 0.717) is 22.9 Å². The van der Waals surface area contributed by atoms with Crippen LogP contribution in [0.2, 0.25) is 5.02 Å². The Morgan fingerprint density at radius 1 is 0.923 bits per heavy atom. The standard InChI is InChI=1S/C19H16ClN3O3/c20-15-8-6-13(7-9-15)17-12-16(23-26-17)19(25)22-11-10-21-18(24)14-4-2-1-3-5-14/h1-9,12H,10-11H2,(H,21,24)(H,22,25). The van der Waals surface area contributed by atoms with Gasteiger partial charge in [0.25, 0.3) is 11.8 Å². The topological polar surface area (TPSA) is 84.2 Å². The van der Waals surface area contributed by atoms with Crippen molar-refractivity contribution in [3.05, 3.63) is 76.9 Å². The number of nitrogens with one attached hydrogen (secondary N) is 2. The highest BCUT2D eigenvalue weighted by Crippen LogP contribution is 2.22. The van der Waals surface area contributed by atoms with Crippen molar-refractivity contribution in [3.63, 3.8) is 0 Å². The normalized spacial score (nSPS) is 10.3. The van der Waals surface area contributed by atoms with E-state index in [1.807, 2.05) is 6.07 Å². The van der Waals surface area contributed by atoms with Gasteiger partial charge >= 0.3 is 0 Å². The summed E-state index contributed by atoms with van der Waals surface area (Å²) in [5.74, 6) is -0.0848. The number of amides is 2. The molecule has 0 spiro atoms. The van der Waals surface area contributed by atoms with Crippen molar-refractivity contribution in [2.45, 2.75) is 0 Å². The van der Waals surface area contributed by atoms with Crippen LogP contribution in [0.3, 0.4) is 0 Å². The van der Waals surface area contributed by atoms with Crippen LogP contribution in [0, 0.1) is 0 Å². The molecule has 3 rings (SSSR count). The molecular weight excluding hydrogens is 354 g/mol. The Bertz CT molecular complexity index is 892. The molecule has 1 aromatic heterocycles. The Balaban J connectivity index is 1.48. The fourth-order valence-corrected chi connectivity index (χ4v) is 2.39. The molecule has 3 aromatic rings. The molecule has 2 aromatic carbocycles. The fraction of sp³-hybridized carbons (Fsp3) is 0.105. The van der Waals surface area contributed by atoms with E-state index in [0.717, 1.165) is 5.56 Å². The Hall–Kier alpha value is -3.12. The molecule has 0 aliphatic heterocycles. The molecule has 0 aliphatic rings. The highest BCUT2D eigenvalue weighted by atomic mass is 35.5. The predicted molar refractivity (Wildman–Crippen MR) is 98.1 cm³/mol. The van der Waals surface area contributed by atoms with E-state index in [4.69, 9.17) is 16.1 Å². The molecule has 0 aliphatic carbocycles. The van der Waals surface area contributed by atoms with Crippen LogP contribution in [-0.2, 0) is 0 Å². The summed E-state index contributed by atoms with van der Waals surface area (Å²) in [5.41, 5.74) is 1.52. The molecule has 2 amide bonds. The Morgan fingerprint density at radius 3 is 2.27 bits per heavy atom. The van der Waals surface area contributed by atoms with Gasteiger partial charge in [-0.05, 0) is 36.4 Å². The molecule has 1 heterocycles. The molecule has 132 valence electrons. The third kappa shape index (κ3) is 4.49. The summed E-state index contributed by atoms with van der Waals surface area (Å²) in [7, 11) is 0. The first-order valence-electron chi connectivity index (χ1n) is 7.97. The van der Waals surface area contributed by atoms with Gasteiger partial charge in [-0.2, -0.15) is 0 Å². The minimum atomic E-state index is -0.372. The number of halogens is 1. The lowest BCUT2D eigenvalue weighted by Crippen LogP contribution is -2.34. The molecule has 0 fully saturated rings. The smallest absolute Gasteiger partial charge is 0.273 e. The van der Waals surface area contributed by atoms with Gasteiger partial charge in [0.05, 0.1) is 0 Å². The molecule has 0 unspecified atom stereocenters. The summed E-state index contributed by atoms with van der Waals surface area (Å²) in [4.78, 5) is 24.0. The summed E-state index contributed by atoms with van der Waals surface area (Å²) in [5, 5.41) is 9.80. The zero-order chi connectivity index (χ0) is 18.4. The summed E-state index contributed by atoms with van der Waals surface area (Å²) < 4.78 is 5.19. The van der Waals surface area contributed by atoms with Gasteiger partial charge in [0.1, 0.15) is 0 Å². The second-order valence-electron chi connectivity index (χ2n) is 5.46. The number of nitrogens with zero attached hydrogens (tertiary/aromatic N) is 1. The average molecular weight is 370 g/mol. The number of aromatic nitrogens is 1. The number of hydrogen-bond acceptors (Lipinski definition) is 4. The average Bonchev–Trinajstić information content (AvgIpc) is 3.16. The summed E-state index contributed by atoms with van der Waals surface area (Å²) in [6, 6.07) is 17.5. The Kier molecular flexibility index (Phi) is 5.66. The number of rotatable bonds is 6. The van der Waals surface area contributed by atoms with Crippen molar-refractivity contribution in [1.82, 2.24) is 15.8 Å². The van der Waals surface area contributed by atoms with Crippen LogP contribution in [0.1, 0.15) is 20.8 Å². The maximum Gasteiger partial charge on any atom is 0.273 e. The zero-order valence-electron chi connectivity index (χ0n) is 13.7. The number of benzene rings is 2. The quantitative estimate of drug-likeness (QED) is 0.654. The van der Waals surface area contributed by atoms with Gasteiger partial charge in [0, 0.05) is 35.3 Å². The van der Waals surface area contributed by atoms with Gasteiger partial charge in [0.15, 0.2) is 11.5 Å². The summed E-state index contributed by atoms with van der Waals surface area (Å²) in [6.45, 7) is 0.585. The Labute approximate surface area is 155 Å². The van der Waals surface area contributed by atoms with Crippen LogP contribution in [0.15, 0.2) is 65.2 Å². The lowest BCUT2D eigenvalue weighted by atomic mass is 10.1. The maximum absolute atomic E-state index is 12.1. The van der Waals surface area contributed by atoms with Gasteiger partial charge in [-0.15, -0.1) is 0 Å². The summed E-state index contributed by atoms with van der Waals surface area (Å²) >= 11 is 5.85. The SMILES string of the molecule is O=C(NCCNC(=O)c1cc(-c2ccc(Cl)cc2)on1)c1ccccc1. The van der Waals surface area contributed by atoms with Gasteiger partial charge in [-0.25, -0.2) is 0 Å². The second-order valence-corrected chi connectivity index (χ2v) is 5.90. The molecule has 0 saturated carbocycles.